The Hall–Kier alpha value is -4.14. The number of nitriles is 1. The third-order valence-electron chi connectivity index (χ3n) is 6.03. The molecule has 4 rings (SSSR count). The fourth-order valence-corrected chi connectivity index (χ4v) is 5.15. The highest BCUT2D eigenvalue weighted by atomic mass is 35.5. The van der Waals surface area contributed by atoms with Crippen LogP contribution >= 0.6 is 23.4 Å². The molecular weight excluding hydrogens is 565 g/mol. The summed E-state index contributed by atoms with van der Waals surface area (Å²) in [5, 5.41) is 18.6. The van der Waals surface area contributed by atoms with Crippen molar-refractivity contribution in [2.45, 2.75) is 25.9 Å². The van der Waals surface area contributed by atoms with Crippen molar-refractivity contribution in [3.63, 3.8) is 0 Å². The van der Waals surface area contributed by atoms with Gasteiger partial charge in [0.2, 0.25) is 5.91 Å². The van der Waals surface area contributed by atoms with Gasteiger partial charge >= 0.3 is 6.18 Å². The molecule has 0 bridgehead atoms. The summed E-state index contributed by atoms with van der Waals surface area (Å²) in [7, 11) is 0. The number of para-hydroxylation sites is 1. The minimum Gasteiger partial charge on any atom is -0.468 e. The van der Waals surface area contributed by atoms with Gasteiger partial charge in [0.1, 0.15) is 5.76 Å². The summed E-state index contributed by atoms with van der Waals surface area (Å²) >= 11 is 7.16. The van der Waals surface area contributed by atoms with E-state index in [4.69, 9.17) is 16.0 Å². The molecule has 0 spiro atoms. The van der Waals surface area contributed by atoms with E-state index in [-0.39, 0.29) is 39.3 Å². The Morgan fingerprint density at radius 1 is 1.10 bits per heavy atom. The maximum absolute atomic E-state index is 13.5. The largest absolute Gasteiger partial charge is 0.468 e. The van der Waals surface area contributed by atoms with Gasteiger partial charge in [0, 0.05) is 11.4 Å². The summed E-state index contributed by atoms with van der Waals surface area (Å²) in [5.74, 6) is -1.85. The van der Waals surface area contributed by atoms with Crippen LogP contribution in [0.25, 0.3) is 0 Å². The summed E-state index contributed by atoms with van der Waals surface area (Å²) < 4.78 is 45.3. The van der Waals surface area contributed by atoms with Gasteiger partial charge in [0.25, 0.3) is 5.91 Å². The Kier molecular flexibility index (Phi) is 8.61. The molecule has 1 aliphatic rings. The fraction of sp³-hybridized carbons (Fsp3) is 0.179. The van der Waals surface area contributed by atoms with E-state index in [1.54, 1.807) is 31.2 Å². The number of nitrogens with zero attached hydrogens (tertiary/aromatic N) is 1. The monoisotopic (exact) mass is 586 g/mol. The van der Waals surface area contributed by atoms with Crippen LogP contribution in [0.15, 0.2) is 87.1 Å². The predicted molar refractivity (Wildman–Crippen MR) is 147 cm³/mol. The third kappa shape index (κ3) is 6.35. The summed E-state index contributed by atoms with van der Waals surface area (Å²) in [6, 6.07) is 15.2. The van der Waals surface area contributed by atoms with E-state index in [1.807, 2.05) is 19.1 Å². The number of carbonyl (C=O) groups excluding carboxylic acids is 2. The SMILES string of the molecule is CC1=C(C(=O)Nc2cc(C(F)(F)F)ccc2Cl)C(c2ccco2)C(C#N)=C(SCC(=O)Nc2ccccc2C)N1. The second kappa shape index (κ2) is 11.9. The number of furan rings is 1. The number of benzene rings is 2. The van der Waals surface area contributed by atoms with Crippen molar-refractivity contribution >= 4 is 46.6 Å². The maximum atomic E-state index is 13.5. The molecule has 0 aliphatic carbocycles. The number of allylic oxidation sites excluding steroid dienone is 2. The molecule has 12 heteroatoms. The van der Waals surface area contributed by atoms with E-state index in [2.05, 4.69) is 22.0 Å². The molecule has 3 N–H and O–H groups in total. The minimum absolute atomic E-state index is 0.0403. The lowest BCUT2D eigenvalue weighted by molar-refractivity contribution is -0.137. The molecular formula is C28H22ClF3N4O3S. The predicted octanol–water partition coefficient (Wildman–Crippen LogP) is 6.97. The number of hydrogen-bond acceptors (Lipinski definition) is 6. The number of halogens is 4. The first-order chi connectivity index (χ1) is 19.0. The molecule has 3 aromatic rings. The van der Waals surface area contributed by atoms with Gasteiger partial charge in [0.05, 0.1) is 56.5 Å². The molecule has 40 heavy (non-hydrogen) atoms. The molecule has 2 aromatic carbocycles. The quantitative estimate of drug-likeness (QED) is 0.276. The number of dihydropyridines is 1. The summed E-state index contributed by atoms with van der Waals surface area (Å²) in [5.41, 5.74) is 0.807. The zero-order chi connectivity index (χ0) is 29.0. The Morgan fingerprint density at radius 2 is 1.85 bits per heavy atom. The smallest absolute Gasteiger partial charge is 0.416 e. The first kappa shape index (κ1) is 28.9. The van der Waals surface area contributed by atoms with Gasteiger partial charge in [-0.1, -0.05) is 41.6 Å². The van der Waals surface area contributed by atoms with Gasteiger partial charge in [-0.15, -0.1) is 0 Å². The number of aryl methyl sites for hydroxylation is 1. The summed E-state index contributed by atoms with van der Waals surface area (Å²) in [6.07, 6.45) is -3.26. The minimum atomic E-state index is -4.64. The lowest BCUT2D eigenvalue weighted by Gasteiger charge is -2.28. The molecule has 1 aliphatic heterocycles. The number of hydrogen-bond donors (Lipinski definition) is 3. The van der Waals surface area contributed by atoms with Crippen molar-refractivity contribution in [2.24, 2.45) is 0 Å². The number of carbonyl (C=O) groups is 2. The first-order valence-electron chi connectivity index (χ1n) is 11.8. The van der Waals surface area contributed by atoms with E-state index < -0.39 is 23.6 Å². The second-order valence-corrected chi connectivity index (χ2v) is 10.2. The molecule has 0 fully saturated rings. The highest BCUT2D eigenvalue weighted by Crippen LogP contribution is 2.42. The van der Waals surface area contributed by atoms with Crippen molar-refractivity contribution in [2.75, 3.05) is 16.4 Å². The Bertz CT molecular complexity index is 1560. The third-order valence-corrected chi connectivity index (χ3v) is 7.38. The zero-order valence-electron chi connectivity index (χ0n) is 21.2. The molecule has 206 valence electrons. The lowest BCUT2D eigenvalue weighted by Crippen LogP contribution is -2.31. The van der Waals surface area contributed by atoms with Gasteiger partial charge in [-0.05, 0) is 55.8 Å². The molecule has 1 aromatic heterocycles. The van der Waals surface area contributed by atoms with Crippen LogP contribution in [-0.2, 0) is 15.8 Å². The molecule has 0 saturated carbocycles. The summed E-state index contributed by atoms with van der Waals surface area (Å²) in [4.78, 5) is 26.1. The second-order valence-electron chi connectivity index (χ2n) is 8.76. The average Bonchev–Trinajstić information content (AvgIpc) is 3.43. The molecule has 7 nitrogen and oxygen atoms in total. The van der Waals surface area contributed by atoms with Crippen molar-refractivity contribution in [1.82, 2.24) is 5.32 Å². The first-order valence-corrected chi connectivity index (χ1v) is 13.2. The number of rotatable bonds is 7. The van der Waals surface area contributed by atoms with Crippen LogP contribution < -0.4 is 16.0 Å². The van der Waals surface area contributed by atoms with Crippen LogP contribution in [0.1, 0.15) is 29.7 Å². The van der Waals surface area contributed by atoms with Crippen molar-refractivity contribution in [1.29, 1.82) is 5.26 Å². The van der Waals surface area contributed by atoms with E-state index >= 15 is 0 Å². The van der Waals surface area contributed by atoms with E-state index in [0.717, 1.165) is 35.5 Å². The molecule has 1 unspecified atom stereocenters. The lowest BCUT2D eigenvalue weighted by atomic mass is 9.85. The zero-order valence-corrected chi connectivity index (χ0v) is 22.7. The van der Waals surface area contributed by atoms with Gasteiger partial charge in [-0.2, -0.15) is 18.4 Å². The van der Waals surface area contributed by atoms with Crippen molar-refractivity contribution in [3.05, 3.63) is 105 Å². The number of nitrogens with one attached hydrogen (secondary N) is 3. The van der Waals surface area contributed by atoms with E-state index in [9.17, 15) is 28.0 Å². The van der Waals surface area contributed by atoms with Gasteiger partial charge in [-0.25, -0.2) is 0 Å². The normalized spacial score (nSPS) is 15.4. The molecule has 2 heterocycles. The van der Waals surface area contributed by atoms with Crippen molar-refractivity contribution < 1.29 is 27.2 Å². The standard InChI is InChI=1S/C28H22ClF3N4O3S/c1-15-6-3-4-7-20(15)35-23(37)14-40-27-18(13-33)25(22-8-5-11-39-22)24(16(2)34-27)26(38)36-21-12-17(28(30,31)32)9-10-19(21)29/h3-12,25,34H,14H2,1-2H3,(H,35,37)(H,36,38). The number of amides is 2. The van der Waals surface area contributed by atoms with E-state index in [0.29, 0.717) is 16.4 Å². The fourth-order valence-electron chi connectivity index (χ4n) is 4.09. The van der Waals surface area contributed by atoms with Gasteiger partial charge in [0.15, 0.2) is 0 Å². The highest BCUT2D eigenvalue weighted by molar-refractivity contribution is 8.03. The van der Waals surface area contributed by atoms with Crippen LogP contribution in [0.2, 0.25) is 5.02 Å². The molecule has 0 radical (unpaired) electrons. The Labute approximate surface area is 237 Å². The van der Waals surface area contributed by atoms with Gasteiger partial charge < -0.3 is 20.4 Å². The van der Waals surface area contributed by atoms with Crippen LogP contribution in [0, 0.1) is 18.3 Å². The maximum Gasteiger partial charge on any atom is 0.416 e. The van der Waals surface area contributed by atoms with Crippen LogP contribution in [0.4, 0.5) is 24.5 Å². The van der Waals surface area contributed by atoms with E-state index in [1.165, 1.54) is 6.26 Å². The molecule has 1 atom stereocenters. The number of alkyl halides is 3. The Morgan fingerprint density at radius 3 is 2.50 bits per heavy atom. The molecule has 0 saturated heterocycles. The number of thioether (sulfide) groups is 1. The Balaban J connectivity index is 1.62. The topological polar surface area (TPSA) is 107 Å². The van der Waals surface area contributed by atoms with Crippen molar-refractivity contribution in [3.8, 4) is 6.07 Å². The van der Waals surface area contributed by atoms with Crippen LogP contribution in [0.5, 0.6) is 0 Å². The summed E-state index contributed by atoms with van der Waals surface area (Å²) in [6.45, 7) is 3.45. The van der Waals surface area contributed by atoms with Crippen LogP contribution in [0.3, 0.4) is 0 Å². The van der Waals surface area contributed by atoms with Crippen LogP contribution in [-0.4, -0.2) is 17.6 Å². The average molecular weight is 587 g/mol. The molecule has 2 amide bonds. The highest BCUT2D eigenvalue weighted by Gasteiger charge is 2.37. The van der Waals surface area contributed by atoms with Gasteiger partial charge in [-0.3, -0.25) is 9.59 Å². The number of anilines is 2.